The van der Waals surface area contributed by atoms with Gasteiger partial charge in [0, 0.05) is 23.5 Å². The molecule has 0 aliphatic carbocycles. The van der Waals surface area contributed by atoms with E-state index < -0.39 is 0 Å². The lowest BCUT2D eigenvalue weighted by molar-refractivity contribution is -0.116. The summed E-state index contributed by atoms with van der Waals surface area (Å²) in [7, 11) is 0. The largest absolute Gasteiger partial charge is 0.332 e. The number of para-hydroxylation sites is 1. The SMILES string of the molecule is CC(C)CC(=O)Nc1ccc(NC(=S)Nc2ccccc2)cc1. The minimum absolute atomic E-state index is 0.0296. The van der Waals surface area contributed by atoms with Gasteiger partial charge in [0.15, 0.2) is 5.11 Å². The van der Waals surface area contributed by atoms with Crippen molar-refractivity contribution in [3.63, 3.8) is 0 Å². The monoisotopic (exact) mass is 327 g/mol. The van der Waals surface area contributed by atoms with Crippen molar-refractivity contribution >= 4 is 40.3 Å². The Morgan fingerprint density at radius 2 is 1.35 bits per heavy atom. The van der Waals surface area contributed by atoms with Crippen molar-refractivity contribution in [3.05, 3.63) is 54.6 Å². The Hall–Kier alpha value is -2.40. The van der Waals surface area contributed by atoms with Crippen molar-refractivity contribution in [2.75, 3.05) is 16.0 Å². The summed E-state index contributed by atoms with van der Waals surface area (Å²) in [5, 5.41) is 9.62. The summed E-state index contributed by atoms with van der Waals surface area (Å²) in [6, 6.07) is 17.2. The second kappa shape index (κ2) is 8.29. The van der Waals surface area contributed by atoms with E-state index in [-0.39, 0.29) is 5.91 Å². The van der Waals surface area contributed by atoms with E-state index in [2.05, 4.69) is 16.0 Å². The molecule has 2 aromatic carbocycles. The quantitative estimate of drug-likeness (QED) is 0.709. The van der Waals surface area contributed by atoms with Gasteiger partial charge in [-0.05, 0) is 54.5 Å². The van der Waals surface area contributed by atoms with E-state index in [4.69, 9.17) is 12.2 Å². The molecule has 23 heavy (non-hydrogen) atoms. The lowest BCUT2D eigenvalue weighted by Crippen LogP contribution is -2.19. The molecule has 2 aromatic rings. The highest BCUT2D eigenvalue weighted by atomic mass is 32.1. The molecule has 0 radical (unpaired) electrons. The zero-order valence-corrected chi connectivity index (χ0v) is 14.1. The van der Waals surface area contributed by atoms with Crippen LogP contribution in [0.5, 0.6) is 0 Å². The summed E-state index contributed by atoms with van der Waals surface area (Å²) >= 11 is 5.28. The normalized spacial score (nSPS) is 10.2. The van der Waals surface area contributed by atoms with Gasteiger partial charge in [-0.3, -0.25) is 4.79 Å². The molecule has 3 N–H and O–H groups in total. The molecule has 0 aromatic heterocycles. The number of hydrogen-bond acceptors (Lipinski definition) is 2. The minimum atomic E-state index is 0.0296. The summed E-state index contributed by atoms with van der Waals surface area (Å²) in [6.45, 7) is 4.04. The fourth-order valence-electron chi connectivity index (χ4n) is 2.03. The molecule has 0 unspecified atom stereocenters. The molecule has 0 saturated carbocycles. The van der Waals surface area contributed by atoms with Gasteiger partial charge in [0.05, 0.1) is 0 Å². The molecule has 0 aliphatic rings. The predicted octanol–water partition coefficient (Wildman–Crippen LogP) is 4.48. The number of hydrogen-bond donors (Lipinski definition) is 3. The number of benzene rings is 2. The fraction of sp³-hybridized carbons (Fsp3) is 0.222. The van der Waals surface area contributed by atoms with Gasteiger partial charge in [-0.2, -0.15) is 0 Å². The average molecular weight is 327 g/mol. The lowest BCUT2D eigenvalue weighted by Gasteiger charge is -2.11. The summed E-state index contributed by atoms with van der Waals surface area (Å²) in [5.74, 6) is 0.374. The number of nitrogens with one attached hydrogen (secondary N) is 3. The third-order valence-electron chi connectivity index (χ3n) is 3.05. The Bertz CT molecular complexity index is 654. The van der Waals surface area contributed by atoms with Crippen molar-refractivity contribution < 1.29 is 4.79 Å². The Kier molecular flexibility index (Phi) is 6.11. The number of carbonyl (C=O) groups is 1. The van der Waals surface area contributed by atoms with Gasteiger partial charge in [-0.25, -0.2) is 0 Å². The first-order chi connectivity index (χ1) is 11.0. The van der Waals surface area contributed by atoms with Gasteiger partial charge in [0.2, 0.25) is 5.91 Å². The van der Waals surface area contributed by atoms with E-state index in [0.29, 0.717) is 17.5 Å². The topological polar surface area (TPSA) is 53.2 Å². The third kappa shape index (κ3) is 6.08. The van der Waals surface area contributed by atoms with Crippen LogP contribution in [0, 0.1) is 5.92 Å². The maximum Gasteiger partial charge on any atom is 0.224 e. The van der Waals surface area contributed by atoms with Gasteiger partial charge >= 0.3 is 0 Å². The zero-order chi connectivity index (χ0) is 16.7. The second-order valence-corrected chi connectivity index (χ2v) is 6.08. The highest BCUT2D eigenvalue weighted by Gasteiger charge is 2.05. The van der Waals surface area contributed by atoms with Crippen LogP contribution in [0.15, 0.2) is 54.6 Å². The predicted molar refractivity (Wildman–Crippen MR) is 101 cm³/mol. The summed E-state index contributed by atoms with van der Waals surface area (Å²) < 4.78 is 0. The maximum atomic E-state index is 11.7. The molecule has 0 heterocycles. The number of amides is 1. The van der Waals surface area contributed by atoms with Gasteiger partial charge < -0.3 is 16.0 Å². The molecular formula is C18H21N3OS. The molecule has 1 amide bonds. The first-order valence-corrected chi connectivity index (χ1v) is 7.97. The Morgan fingerprint density at radius 3 is 1.87 bits per heavy atom. The van der Waals surface area contributed by atoms with Gasteiger partial charge in [0.25, 0.3) is 0 Å². The molecule has 0 bridgehead atoms. The number of thiocarbonyl (C=S) groups is 1. The van der Waals surface area contributed by atoms with E-state index >= 15 is 0 Å². The van der Waals surface area contributed by atoms with Crippen LogP contribution in [-0.4, -0.2) is 11.0 Å². The van der Waals surface area contributed by atoms with Crippen LogP contribution in [0.2, 0.25) is 0 Å². The fourth-order valence-corrected chi connectivity index (χ4v) is 2.27. The molecule has 4 nitrogen and oxygen atoms in total. The molecule has 2 rings (SSSR count). The highest BCUT2D eigenvalue weighted by molar-refractivity contribution is 7.80. The van der Waals surface area contributed by atoms with E-state index in [0.717, 1.165) is 17.1 Å². The molecule has 120 valence electrons. The van der Waals surface area contributed by atoms with Crippen LogP contribution < -0.4 is 16.0 Å². The number of carbonyl (C=O) groups excluding carboxylic acids is 1. The Labute approximate surface area is 142 Å². The van der Waals surface area contributed by atoms with Crippen LogP contribution in [0.1, 0.15) is 20.3 Å². The number of anilines is 3. The second-order valence-electron chi connectivity index (χ2n) is 5.67. The van der Waals surface area contributed by atoms with Gasteiger partial charge in [0.1, 0.15) is 0 Å². The zero-order valence-electron chi connectivity index (χ0n) is 13.3. The first-order valence-electron chi connectivity index (χ1n) is 7.56. The Balaban J connectivity index is 1.87. The summed E-state index contributed by atoms with van der Waals surface area (Å²) in [5.41, 5.74) is 2.57. The number of rotatable bonds is 5. The molecule has 5 heteroatoms. The van der Waals surface area contributed by atoms with E-state index in [1.807, 2.05) is 68.4 Å². The third-order valence-corrected chi connectivity index (χ3v) is 3.26. The average Bonchev–Trinajstić information content (AvgIpc) is 2.49. The van der Waals surface area contributed by atoms with Crippen LogP contribution in [0.4, 0.5) is 17.1 Å². The van der Waals surface area contributed by atoms with E-state index in [1.54, 1.807) is 0 Å². The summed E-state index contributed by atoms with van der Waals surface area (Å²) in [6.07, 6.45) is 0.519. The molecular weight excluding hydrogens is 306 g/mol. The summed E-state index contributed by atoms with van der Waals surface area (Å²) in [4.78, 5) is 11.7. The first kappa shape index (κ1) is 17.0. The molecule has 0 saturated heterocycles. The van der Waals surface area contributed by atoms with E-state index in [9.17, 15) is 4.79 Å². The van der Waals surface area contributed by atoms with Crippen LogP contribution in [0.25, 0.3) is 0 Å². The van der Waals surface area contributed by atoms with Gasteiger partial charge in [-0.1, -0.05) is 32.0 Å². The van der Waals surface area contributed by atoms with Crippen molar-refractivity contribution in [2.24, 2.45) is 5.92 Å². The van der Waals surface area contributed by atoms with E-state index in [1.165, 1.54) is 0 Å². The standard InChI is InChI=1S/C18H21N3OS/c1-13(2)12-17(22)19-15-8-10-16(11-9-15)21-18(23)20-14-6-4-3-5-7-14/h3-11,13H,12H2,1-2H3,(H,19,22)(H2,20,21,23). The Morgan fingerprint density at radius 1 is 0.870 bits per heavy atom. The minimum Gasteiger partial charge on any atom is -0.332 e. The lowest BCUT2D eigenvalue weighted by atomic mass is 10.1. The molecule has 0 spiro atoms. The van der Waals surface area contributed by atoms with Gasteiger partial charge in [-0.15, -0.1) is 0 Å². The van der Waals surface area contributed by atoms with Crippen molar-refractivity contribution in [2.45, 2.75) is 20.3 Å². The maximum absolute atomic E-state index is 11.7. The van der Waals surface area contributed by atoms with Crippen molar-refractivity contribution in [1.82, 2.24) is 0 Å². The van der Waals surface area contributed by atoms with Crippen LogP contribution >= 0.6 is 12.2 Å². The van der Waals surface area contributed by atoms with Crippen molar-refractivity contribution in [1.29, 1.82) is 0 Å². The van der Waals surface area contributed by atoms with Crippen LogP contribution in [0.3, 0.4) is 0 Å². The smallest absolute Gasteiger partial charge is 0.224 e. The molecule has 0 fully saturated rings. The van der Waals surface area contributed by atoms with Crippen LogP contribution in [-0.2, 0) is 4.79 Å². The highest BCUT2D eigenvalue weighted by Crippen LogP contribution is 2.15. The van der Waals surface area contributed by atoms with Crippen molar-refractivity contribution in [3.8, 4) is 0 Å². The molecule has 0 aliphatic heterocycles. The molecule has 0 atom stereocenters.